The second-order valence-electron chi connectivity index (χ2n) is 5.38. The van der Waals surface area contributed by atoms with Crippen molar-refractivity contribution in [3.63, 3.8) is 0 Å². The number of carbonyl (C=O) groups is 1. The minimum absolute atomic E-state index is 0.573. The fraction of sp³-hybridized carbons (Fsp3) is 0.118. The highest BCUT2D eigenvalue weighted by molar-refractivity contribution is 6.08. The van der Waals surface area contributed by atoms with Crippen LogP contribution in [0.2, 0.25) is 0 Å². The van der Waals surface area contributed by atoms with Crippen LogP contribution in [0.4, 0.5) is 5.82 Å². The van der Waals surface area contributed by atoms with Gasteiger partial charge in [0.1, 0.15) is 17.8 Å². The Balaban J connectivity index is 2.14. The Morgan fingerprint density at radius 3 is 2.83 bits per heavy atom. The molecule has 0 bridgehead atoms. The molecule has 3 aromatic heterocycles. The number of aldehydes is 1. The molecule has 114 valence electrons. The first-order valence-corrected chi connectivity index (χ1v) is 7.29. The van der Waals surface area contributed by atoms with Crippen LogP contribution in [0.15, 0.2) is 36.7 Å². The molecule has 6 heteroatoms. The monoisotopic (exact) mass is 305 g/mol. The second kappa shape index (κ2) is 4.95. The van der Waals surface area contributed by atoms with Gasteiger partial charge >= 0.3 is 0 Å². The molecule has 3 heterocycles. The van der Waals surface area contributed by atoms with Gasteiger partial charge in [-0.1, -0.05) is 18.2 Å². The van der Waals surface area contributed by atoms with Crippen molar-refractivity contribution >= 4 is 34.0 Å². The van der Waals surface area contributed by atoms with Crippen molar-refractivity contribution in [3.8, 4) is 11.3 Å². The van der Waals surface area contributed by atoms with Crippen LogP contribution in [0.5, 0.6) is 0 Å². The summed E-state index contributed by atoms with van der Waals surface area (Å²) in [5.74, 6) is 0.701. The maximum Gasteiger partial charge on any atom is 0.167 e. The van der Waals surface area contributed by atoms with E-state index in [-0.39, 0.29) is 0 Å². The van der Waals surface area contributed by atoms with Crippen molar-refractivity contribution < 1.29 is 4.79 Å². The van der Waals surface area contributed by atoms with Crippen LogP contribution in [-0.4, -0.2) is 32.9 Å². The summed E-state index contributed by atoms with van der Waals surface area (Å²) in [6.45, 7) is 0. The first kappa shape index (κ1) is 13.5. The van der Waals surface area contributed by atoms with E-state index in [9.17, 15) is 4.79 Å². The number of hydrogen-bond donors (Lipinski definition) is 2. The molecule has 4 rings (SSSR count). The average Bonchev–Trinajstić information content (AvgIpc) is 3.13. The Morgan fingerprint density at radius 1 is 1.26 bits per heavy atom. The number of carbonyl (C=O) groups excluding carboxylic acids is 1. The summed E-state index contributed by atoms with van der Waals surface area (Å²) in [6.07, 6.45) is 2.36. The highest BCUT2D eigenvalue weighted by Crippen LogP contribution is 2.36. The highest BCUT2D eigenvalue weighted by Gasteiger charge is 2.21. The van der Waals surface area contributed by atoms with Gasteiger partial charge in [0.2, 0.25) is 0 Å². The zero-order valence-electron chi connectivity index (χ0n) is 12.8. The lowest BCUT2D eigenvalue weighted by atomic mass is 10.1. The number of H-pyrrole nitrogens is 1. The number of nitrogens with zero attached hydrogens (tertiary/aromatic N) is 3. The molecule has 0 fully saturated rings. The number of benzene rings is 1. The predicted octanol–water partition coefficient (Wildman–Crippen LogP) is 2.97. The molecule has 0 aliphatic carbocycles. The first-order valence-electron chi connectivity index (χ1n) is 7.29. The van der Waals surface area contributed by atoms with Crippen LogP contribution < -0.4 is 5.32 Å². The molecular weight excluding hydrogens is 290 g/mol. The summed E-state index contributed by atoms with van der Waals surface area (Å²) in [4.78, 5) is 23.7. The molecule has 0 saturated carbocycles. The van der Waals surface area contributed by atoms with Gasteiger partial charge in [0.05, 0.1) is 11.1 Å². The third-order valence-electron chi connectivity index (χ3n) is 4.16. The van der Waals surface area contributed by atoms with Crippen molar-refractivity contribution in [3.05, 3.63) is 42.4 Å². The zero-order valence-corrected chi connectivity index (χ0v) is 12.8. The number of rotatable bonds is 3. The molecule has 2 N–H and O–H groups in total. The number of aromatic nitrogens is 4. The summed E-state index contributed by atoms with van der Waals surface area (Å²) >= 11 is 0. The summed E-state index contributed by atoms with van der Waals surface area (Å²) in [7, 11) is 3.65. The highest BCUT2D eigenvalue weighted by atomic mass is 16.1. The van der Waals surface area contributed by atoms with E-state index in [0.29, 0.717) is 11.5 Å². The number of aryl methyl sites for hydroxylation is 1. The van der Waals surface area contributed by atoms with Gasteiger partial charge in [-0.15, -0.1) is 0 Å². The lowest BCUT2D eigenvalue weighted by Crippen LogP contribution is -1.97. The van der Waals surface area contributed by atoms with E-state index in [4.69, 9.17) is 0 Å². The summed E-state index contributed by atoms with van der Waals surface area (Å²) in [6, 6.07) is 10.1. The molecule has 0 radical (unpaired) electrons. The van der Waals surface area contributed by atoms with Crippen molar-refractivity contribution in [2.75, 3.05) is 12.4 Å². The maximum atomic E-state index is 11.7. The van der Waals surface area contributed by atoms with Crippen molar-refractivity contribution in [1.82, 2.24) is 19.5 Å². The number of fused-ring (bicyclic) bond motifs is 2. The molecule has 1 aromatic carbocycles. The van der Waals surface area contributed by atoms with Gasteiger partial charge in [-0.05, 0) is 12.1 Å². The van der Waals surface area contributed by atoms with E-state index >= 15 is 0 Å². The van der Waals surface area contributed by atoms with Crippen LogP contribution in [0.25, 0.3) is 33.2 Å². The molecule has 0 spiro atoms. The average molecular weight is 305 g/mol. The van der Waals surface area contributed by atoms with Gasteiger partial charge in [0, 0.05) is 36.3 Å². The molecule has 4 aromatic rings. The van der Waals surface area contributed by atoms with Crippen LogP contribution in [0.3, 0.4) is 0 Å². The number of hydrogen-bond acceptors (Lipinski definition) is 4. The van der Waals surface area contributed by atoms with Gasteiger partial charge < -0.3 is 14.9 Å². The summed E-state index contributed by atoms with van der Waals surface area (Å²) < 4.78 is 1.80. The third-order valence-corrected chi connectivity index (χ3v) is 4.16. The number of anilines is 1. The summed E-state index contributed by atoms with van der Waals surface area (Å²) in [5.41, 5.74) is 4.02. The molecule has 0 unspecified atom stereocenters. The predicted molar refractivity (Wildman–Crippen MR) is 90.7 cm³/mol. The van der Waals surface area contributed by atoms with Crippen LogP contribution in [0, 0.1) is 0 Å². The zero-order chi connectivity index (χ0) is 16.0. The number of aromatic amines is 1. The fourth-order valence-corrected chi connectivity index (χ4v) is 3.08. The Kier molecular flexibility index (Phi) is 2.90. The van der Waals surface area contributed by atoms with Crippen molar-refractivity contribution in [2.24, 2.45) is 7.05 Å². The Hall–Kier alpha value is -3.15. The van der Waals surface area contributed by atoms with Gasteiger partial charge in [-0.25, -0.2) is 9.97 Å². The maximum absolute atomic E-state index is 11.7. The lowest BCUT2D eigenvalue weighted by Gasteiger charge is -2.02. The summed E-state index contributed by atoms with van der Waals surface area (Å²) in [5, 5.41) is 5.02. The van der Waals surface area contributed by atoms with E-state index in [0.717, 1.165) is 39.5 Å². The second-order valence-corrected chi connectivity index (χ2v) is 5.38. The normalized spacial score (nSPS) is 11.2. The Labute approximate surface area is 132 Å². The SMILES string of the molecule is CNc1ncnc2c1c(-c1cc3ccccc3[nH]1)c(C=O)n2C. The van der Waals surface area contributed by atoms with E-state index in [1.54, 1.807) is 4.57 Å². The van der Waals surface area contributed by atoms with Gasteiger partial charge in [0.15, 0.2) is 6.29 Å². The Morgan fingerprint density at radius 2 is 2.09 bits per heavy atom. The molecule has 0 aliphatic heterocycles. The third kappa shape index (κ3) is 1.85. The van der Waals surface area contributed by atoms with Gasteiger partial charge in [-0.2, -0.15) is 0 Å². The topological polar surface area (TPSA) is 75.6 Å². The largest absolute Gasteiger partial charge is 0.372 e. The molecule has 0 aliphatic rings. The van der Waals surface area contributed by atoms with E-state index < -0.39 is 0 Å². The number of nitrogens with one attached hydrogen (secondary N) is 2. The first-order chi connectivity index (χ1) is 11.2. The van der Waals surface area contributed by atoms with Crippen LogP contribution in [0.1, 0.15) is 10.5 Å². The van der Waals surface area contributed by atoms with Crippen molar-refractivity contribution in [2.45, 2.75) is 0 Å². The molecule has 23 heavy (non-hydrogen) atoms. The van der Waals surface area contributed by atoms with E-state index in [1.165, 1.54) is 6.33 Å². The molecule has 0 saturated heterocycles. The van der Waals surface area contributed by atoms with Crippen molar-refractivity contribution in [1.29, 1.82) is 0 Å². The quantitative estimate of drug-likeness (QED) is 0.571. The van der Waals surface area contributed by atoms with Gasteiger partial charge in [-0.3, -0.25) is 4.79 Å². The van der Waals surface area contributed by atoms with Crippen LogP contribution in [-0.2, 0) is 7.05 Å². The standard InChI is InChI=1S/C17H15N5O/c1-18-16-15-14(12-7-10-5-3-4-6-11(10)21-12)13(8-23)22(2)17(15)20-9-19-16/h3-9,21H,1-2H3,(H,18,19,20). The minimum Gasteiger partial charge on any atom is -0.372 e. The molecule has 0 amide bonds. The molecular formula is C17H15N5O. The van der Waals surface area contributed by atoms with E-state index in [1.807, 2.05) is 44.4 Å². The fourth-order valence-electron chi connectivity index (χ4n) is 3.08. The Bertz CT molecular complexity index is 1010. The van der Waals surface area contributed by atoms with E-state index in [2.05, 4.69) is 20.3 Å². The lowest BCUT2D eigenvalue weighted by molar-refractivity contribution is 0.111. The number of para-hydroxylation sites is 1. The molecule has 6 nitrogen and oxygen atoms in total. The van der Waals surface area contributed by atoms with Crippen LogP contribution >= 0.6 is 0 Å². The molecule has 0 atom stereocenters. The smallest absolute Gasteiger partial charge is 0.167 e. The minimum atomic E-state index is 0.573. The van der Waals surface area contributed by atoms with Gasteiger partial charge in [0.25, 0.3) is 0 Å².